The van der Waals surface area contributed by atoms with Crippen LogP contribution in [-0.2, 0) is 4.74 Å². The van der Waals surface area contributed by atoms with Crippen molar-refractivity contribution in [3.63, 3.8) is 0 Å². The first-order valence-electron chi connectivity index (χ1n) is 9.44. The zero-order valence-electron chi connectivity index (χ0n) is 16.4. The maximum absolute atomic E-state index is 5.84. The Balaban J connectivity index is 1.52. The quantitative estimate of drug-likeness (QED) is 0.746. The van der Waals surface area contributed by atoms with Crippen LogP contribution in [0.3, 0.4) is 0 Å². The summed E-state index contributed by atoms with van der Waals surface area (Å²) in [5.74, 6) is 0.891. The van der Waals surface area contributed by atoms with Crippen LogP contribution in [0.25, 0.3) is 0 Å². The summed E-state index contributed by atoms with van der Waals surface area (Å²) in [6, 6.07) is 0. The summed E-state index contributed by atoms with van der Waals surface area (Å²) in [6.45, 7) is 25.3. The average Bonchev–Trinajstić information content (AvgIpc) is 2.35. The highest BCUT2D eigenvalue weighted by molar-refractivity contribution is 4.88. The van der Waals surface area contributed by atoms with Crippen LogP contribution in [0.5, 0.6) is 0 Å². The molecule has 23 heavy (non-hydrogen) atoms. The Labute approximate surface area is 144 Å². The molecule has 0 unspecified atom stereocenters. The smallest absolute Gasteiger partial charge is 0.0600 e. The Morgan fingerprint density at radius 2 is 1.22 bits per heavy atom. The monoisotopic (exact) mass is 325 g/mol. The zero-order chi connectivity index (χ0) is 17.1. The van der Waals surface area contributed by atoms with Gasteiger partial charge in [-0.15, -0.1) is 0 Å². The van der Waals surface area contributed by atoms with Crippen molar-refractivity contribution >= 4 is 0 Å². The second-order valence-electron chi connectivity index (χ2n) is 9.47. The molecule has 0 radical (unpaired) electrons. The van der Waals surface area contributed by atoms with Gasteiger partial charge in [-0.3, -0.25) is 9.80 Å². The lowest BCUT2D eigenvalue weighted by molar-refractivity contribution is -0.0195. The van der Waals surface area contributed by atoms with Gasteiger partial charge in [-0.2, -0.15) is 0 Å². The van der Waals surface area contributed by atoms with Crippen molar-refractivity contribution in [3.05, 3.63) is 0 Å². The molecule has 2 aliphatic heterocycles. The van der Waals surface area contributed by atoms with Crippen molar-refractivity contribution in [3.8, 4) is 0 Å². The minimum absolute atomic E-state index is 0.00996. The standard InChI is InChI=1S/C19H39N3O/c1-18(2,3)17-15-22(16-17)12-11-20-7-9-21(10-8-20)13-14-23-19(4,5)6/h17H,7-16H2,1-6H3. The van der Waals surface area contributed by atoms with E-state index in [9.17, 15) is 0 Å². The molecular formula is C19H39N3O. The van der Waals surface area contributed by atoms with Crippen molar-refractivity contribution in [2.45, 2.75) is 47.1 Å². The van der Waals surface area contributed by atoms with Crippen LogP contribution < -0.4 is 0 Å². The highest BCUT2D eigenvalue weighted by atomic mass is 16.5. The third-order valence-corrected chi connectivity index (χ3v) is 5.32. The summed E-state index contributed by atoms with van der Waals surface area (Å²) in [5.41, 5.74) is 0.473. The van der Waals surface area contributed by atoms with E-state index in [1.807, 2.05) is 0 Å². The van der Waals surface area contributed by atoms with Gasteiger partial charge < -0.3 is 9.64 Å². The molecule has 0 atom stereocenters. The van der Waals surface area contributed by atoms with Gasteiger partial charge in [-0.1, -0.05) is 20.8 Å². The second kappa shape index (κ2) is 7.81. The number of nitrogens with zero attached hydrogens (tertiary/aromatic N) is 3. The molecule has 0 spiro atoms. The van der Waals surface area contributed by atoms with E-state index in [-0.39, 0.29) is 5.60 Å². The number of piperazine rings is 1. The van der Waals surface area contributed by atoms with E-state index in [1.54, 1.807) is 0 Å². The van der Waals surface area contributed by atoms with E-state index in [1.165, 1.54) is 52.4 Å². The van der Waals surface area contributed by atoms with E-state index in [0.29, 0.717) is 5.41 Å². The van der Waals surface area contributed by atoms with Crippen LogP contribution in [0.2, 0.25) is 0 Å². The SMILES string of the molecule is CC(C)(C)OCCN1CCN(CCN2CC(C(C)(C)C)C2)CC1. The molecule has 2 saturated heterocycles. The second-order valence-corrected chi connectivity index (χ2v) is 9.47. The molecule has 0 aromatic carbocycles. The fourth-order valence-electron chi connectivity index (χ4n) is 3.30. The van der Waals surface area contributed by atoms with Gasteiger partial charge in [-0.05, 0) is 32.1 Å². The fourth-order valence-corrected chi connectivity index (χ4v) is 3.30. The van der Waals surface area contributed by atoms with Crippen molar-refractivity contribution < 1.29 is 4.74 Å². The molecule has 0 aliphatic carbocycles. The Morgan fingerprint density at radius 3 is 1.70 bits per heavy atom. The normalized spacial score (nSPS) is 23.2. The highest BCUT2D eigenvalue weighted by Crippen LogP contribution is 2.33. The van der Waals surface area contributed by atoms with Crippen LogP contribution in [0.4, 0.5) is 0 Å². The summed E-state index contributed by atoms with van der Waals surface area (Å²) < 4.78 is 5.84. The van der Waals surface area contributed by atoms with Gasteiger partial charge in [0.2, 0.25) is 0 Å². The molecule has 0 aromatic rings. The van der Waals surface area contributed by atoms with Gasteiger partial charge in [0.15, 0.2) is 0 Å². The molecule has 4 nitrogen and oxygen atoms in total. The molecule has 2 aliphatic rings. The molecule has 2 heterocycles. The first-order chi connectivity index (χ1) is 10.6. The van der Waals surface area contributed by atoms with Crippen LogP contribution in [0, 0.1) is 11.3 Å². The molecule has 0 amide bonds. The van der Waals surface area contributed by atoms with Gasteiger partial charge in [0.05, 0.1) is 12.2 Å². The van der Waals surface area contributed by atoms with E-state index in [0.717, 1.165) is 19.1 Å². The van der Waals surface area contributed by atoms with Gasteiger partial charge in [0.1, 0.15) is 0 Å². The number of ether oxygens (including phenoxy) is 1. The zero-order valence-corrected chi connectivity index (χ0v) is 16.4. The number of rotatable bonds is 6. The Morgan fingerprint density at radius 1 is 0.739 bits per heavy atom. The maximum Gasteiger partial charge on any atom is 0.0600 e. The first kappa shape index (κ1) is 19.2. The van der Waals surface area contributed by atoms with Crippen molar-refractivity contribution in [2.75, 3.05) is 65.5 Å². The Hall–Kier alpha value is -0.160. The minimum Gasteiger partial charge on any atom is -0.375 e. The molecule has 136 valence electrons. The molecule has 2 fully saturated rings. The van der Waals surface area contributed by atoms with Gasteiger partial charge in [0, 0.05) is 58.9 Å². The van der Waals surface area contributed by atoms with Crippen LogP contribution in [-0.4, -0.2) is 85.8 Å². The molecule has 4 heteroatoms. The lowest BCUT2D eigenvalue weighted by Crippen LogP contribution is -2.55. The minimum atomic E-state index is -0.00996. The Kier molecular flexibility index (Phi) is 6.51. The molecule has 2 rings (SSSR count). The topological polar surface area (TPSA) is 19.0 Å². The summed E-state index contributed by atoms with van der Waals surface area (Å²) >= 11 is 0. The number of hydrogen-bond donors (Lipinski definition) is 0. The van der Waals surface area contributed by atoms with E-state index in [4.69, 9.17) is 4.74 Å². The summed E-state index contributed by atoms with van der Waals surface area (Å²) in [7, 11) is 0. The van der Waals surface area contributed by atoms with Crippen molar-refractivity contribution in [2.24, 2.45) is 11.3 Å². The van der Waals surface area contributed by atoms with Gasteiger partial charge in [-0.25, -0.2) is 0 Å². The Bertz CT molecular complexity index is 345. The fraction of sp³-hybridized carbons (Fsp3) is 1.00. The van der Waals surface area contributed by atoms with Crippen molar-refractivity contribution in [1.29, 1.82) is 0 Å². The van der Waals surface area contributed by atoms with Crippen molar-refractivity contribution in [1.82, 2.24) is 14.7 Å². The maximum atomic E-state index is 5.84. The summed E-state index contributed by atoms with van der Waals surface area (Å²) in [5, 5.41) is 0. The third-order valence-electron chi connectivity index (χ3n) is 5.32. The van der Waals surface area contributed by atoms with Crippen LogP contribution in [0.15, 0.2) is 0 Å². The lowest BCUT2D eigenvalue weighted by atomic mass is 9.76. The van der Waals surface area contributed by atoms with E-state index < -0.39 is 0 Å². The number of hydrogen-bond acceptors (Lipinski definition) is 4. The summed E-state index contributed by atoms with van der Waals surface area (Å²) in [6.07, 6.45) is 0. The molecule has 0 N–H and O–H groups in total. The van der Waals surface area contributed by atoms with Gasteiger partial charge in [0.25, 0.3) is 0 Å². The molecule has 0 saturated carbocycles. The van der Waals surface area contributed by atoms with Crippen LogP contribution in [0.1, 0.15) is 41.5 Å². The number of likely N-dealkylation sites (tertiary alicyclic amines) is 1. The highest BCUT2D eigenvalue weighted by Gasteiger charge is 2.35. The first-order valence-corrected chi connectivity index (χ1v) is 9.44. The lowest BCUT2D eigenvalue weighted by Gasteiger charge is -2.47. The molecular weight excluding hydrogens is 286 g/mol. The van der Waals surface area contributed by atoms with E-state index >= 15 is 0 Å². The predicted molar refractivity (Wildman–Crippen MR) is 98.0 cm³/mol. The molecule has 0 aromatic heterocycles. The summed E-state index contributed by atoms with van der Waals surface area (Å²) in [4.78, 5) is 7.80. The van der Waals surface area contributed by atoms with Gasteiger partial charge >= 0.3 is 0 Å². The third kappa shape index (κ3) is 6.69. The molecule has 0 bridgehead atoms. The average molecular weight is 326 g/mol. The van der Waals surface area contributed by atoms with E-state index in [2.05, 4.69) is 56.2 Å². The van der Waals surface area contributed by atoms with Crippen LogP contribution >= 0.6 is 0 Å². The predicted octanol–water partition coefficient (Wildman–Crippen LogP) is 2.40. The largest absolute Gasteiger partial charge is 0.375 e.